The first-order chi connectivity index (χ1) is 14.1. The zero-order valence-electron chi connectivity index (χ0n) is 17.9. The average molecular weight is 412 g/mol. The van der Waals surface area contributed by atoms with Gasteiger partial charge in [-0.05, 0) is 42.2 Å². The number of carbonyl (C=O) groups is 3. The monoisotopic (exact) mass is 412 g/mol. The summed E-state index contributed by atoms with van der Waals surface area (Å²) < 4.78 is 10.2. The minimum Gasteiger partial charge on any atom is -0.497 e. The van der Waals surface area contributed by atoms with E-state index in [1.807, 2.05) is 12.1 Å². The van der Waals surface area contributed by atoms with Gasteiger partial charge < -0.3 is 20.1 Å². The van der Waals surface area contributed by atoms with Crippen LogP contribution in [-0.2, 0) is 19.7 Å². The number of anilines is 1. The van der Waals surface area contributed by atoms with Gasteiger partial charge in [0.15, 0.2) is 6.10 Å². The van der Waals surface area contributed by atoms with E-state index < -0.39 is 18.0 Å². The van der Waals surface area contributed by atoms with Gasteiger partial charge >= 0.3 is 5.97 Å². The van der Waals surface area contributed by atoms with Gasteiger partial charge in [-0.25, -0.2) is 0 Å². The van der Waals surface area contributed by atoms with Crippen molar-refractivity contribution in [2.75, 3.05) is 19.0 Å². The van der Waals surface area contributed by atoms with Crippen molar-refractivity contribution in [1.82, 2.24) is 5.32 Å². The Morgan fingerprint density at radius 2 is 1.70 bits per heavy atom. The molecule has 0 aliphatic heterocycles. The molecule has 7 heteroatoms. The Balaban J connectivity index is 1.83. The second-order valence-corrected chi connectivity index (χ2v) is 7.86. The number of esters is 1. The van der Waals surface area contributed by atoms with E-state index in [1.165, 1.54) is 14.0 Å². The third kappa shape index (κ3) is 6.62. The van der Waals surface area contributed by atoms with E-state index in [1.54, 1.807) is 36.4 Å². The maximum atomic E-state index is 12.2. The van der Waals surface area contributed by atoms with Crippen LogP contribution in [0.4, 0.5) is 5.69 Å². The molecule has 160 valence electrons. The molecule has 1 atom stereocenters. The molecule has 0 fully saturated rings. The Bertz CT molecular complexity index is 901. The molecule has 2 amide bonds. The SMILES string of the molecule is COc1cccc(NC(=O)[C@H](C)OC(=O)CNC(=O)c2ccc(C(C)(C)C)cc2)c1. The fourth-order valence-corrected chi connectivity index (χ4v) is 2.61. The Morgan fingerprint density at radius 3 is 2.30 bits per heavy atom. The molecule has 0 heterocycles. The van der Waals surface area contributed by atoms with Gasteiger partial charge in [-0.3, -0.25) is 14.4 Å². The molecule has 2 rings (SSSR count). The van der Waals surface area contributed by atoms with Crippen molar-refractivity contribution >= 4 is 23.5 Å². The second-order valence-electron chi connectivity index (χ2n) is 7.86. The first kappa shape index (κ1) is 22.9. The van der Waals surface area contributed by atoms with E-state index in [9.17, 15) is 14.4 Å². The highest BCUT2D eigenvalue weighted by molar-refractivity contribution is 5.97. The summed E-state index contributed by atoms with van der Waals surface area (Å²) in [6.45, 7) is 7.38. The molecule has 0 unspecified atom stereocenters. The molecule has 7 nitrogen and oxygen atoms in total. The highest BCUT2D eigenvalue weighted by atomic mass is 16.5. The van der Waals surface area contributed by atoms with Gasteiger partial charge in [-0.2, -0.15) is 0 Å². The second kappa shape index (κ2) is 9.91. The van der Waals surface area contributed by atoms with Gasteiger partial charge in [0.25, 0.3) is 11.8 Å². The summed E-state index contributed by atoms with van der Waals surface area (Å²) in [6, 6.07) is 14.0. The van der Waals surface area contributed by atoms with Gasteiger partial charge in [0.1, 0.15) is 12.3 Å². The molecule has 0 spiro atoms. The zero-order chi connectivity index (χ0) is 22.3. The normalized spacial score (nSPS) is 11.9. The number of hydrogen-bond acceptors (Lipinski definition) is 5. The molecule has 0 bridgehead atoms. The molecular formula is C23H28N2O5. The number of carbonyl (C=O) groups excluding carboxylic acids is 3. The van der Waals surface area contributed by atoms with Crippen LogP contribution in [-0.4, -0.2) is 37.5 Å². The Labute approximate surface area is 176 Å². The number of methoxy groups -OCH3 is 1. The summed E-state index contributed by atoms with van der Waals surface area (Å²) in [4.78, 5) is 36.4. The van der Waals surface area contributed by atoms with Crippen LogP contribution in [0.5, 0.6) is 5.75 Å². The number of hydrogen-bond donors (Lipinski definition) is 2. The summed E-state index contributed by atoms with van der Waals surface area (Å²) in [7, 11) is 1.53. The van der Waals surface area contributed by atoms with Crippen molar-refractivity contribution in [3.8, 4) is 5.75 Å². The van der Waals surface area contributed by atoms with E-state index in [4.69, 9.17) is 9.47 Å². The van der Waals surface area contributed by atoms with Gasteiger partial charge in [0, 0.05) is 17.3 Å². The van der Waals surface area contributed by atoms with Crippen LogP contribution in [0.3, 0.4) is 0 Å². The van der Waals surface area contributed by atoms with Crippen molar-refractivity contribution in [3.63, 3.8) is 0 Å². The molecule has 30 heavy (non-hydrogen) atoms. The van der Waals surface area contributed by atoms with Crippen molar-refractivity contribution in [1.29, 1.82) is 0 Å². The lowest BCUT2D eigenvalue weighted by Crippen LogP contribution is -2.35. The van der Waals surface area contributed by atoms with Crippen LogP contribution in [0.25, 0.3) is 0 Å². The summed E-state index contributed by atoms with van der Waals surface area (Å²) in [5.74, 6) is -0.986. The molecule has 0 saturated carbocycles. The lowest BCUT2D eigenvalue weighted by molar-refractivity contribution is -0.152. The molecular weight excluding hydrogens is 384 g/mol. The summed E-state index contributed by atoms with van der Waals surface area (Å²) in [6.07, 6.45) is -1.02. The third-order valence-electron chi connectivity index (χ3n) is 4.42. The quantitative estimate of drug-likeness (QED) is 0.681. The number of rotatable bonds is 7. The average Bonchev–Trinajstić information content (AvgIpc) is 2.71. The summed E-state index contributed by atoms with van der Waals surface area (Å²) in [5, 5.41) is 5.15. The van der Waals surface area contributed by atoms with Crippen LogP contribution in [0.2, 0.25) is 0 Å². The minimum absolute atomic E-state index is 0.0135. The Kier molecular flexibility index (Phi) is 7.58. The molecule has 2 aromatic carbocycles. The van der Waals surface area contributed by atoms with E-state index in [2.05, 4.69) is 31.4 Å². The zero-order valence-corrected chi connectivity index (χ0v) is 17.9. The van der Waals surface area contributed by atoms with E-state index in [-0.39, 0.29) is 17.9 Å². The third-order valence-corrected chi connectivity index (χ3v) is 4.42. The maximum absolute atomic E-state index is 12.2. The van der Waals surface area contributed by atoms with Crippen molar-refractivity contribution < 1.29 is 23.9 Å². The topological polar surface area (TPSA) is 93.7 Å². The van der Waals surface area contributed by atoms with Gasteiger partial charge in [-0.15, -0.1) is 0 Å². The predicted octanol–water partition coefficient (Wildman–Crippen LogP) is 3.29. The largest absolute Gasteiger partial charge is 0.497 e. The van der Waals surface area contributed by atoms with Gasteiger partial charge in [-0.1, -0.05) is 39.0 Å². The van der Waals surface area contributed by atoms with Crippen molar-refractivity contribution in [3.05, 3.63) is 59.7 Å². The van der Waals surface area contributed by atoms with Crippen LogP contribution in [0, 0.1) is 0 Å². The first-order valence-corrected chi connectivity index (χ1v) is 9.63. The van der Waals surface area contributed by atoms with E-state index in [0.717, 1.165) is 5.56 Å². The molecule has 0 aliphatic carbocycles. The fourth-order valence-electron chi connectivity index (χ4n) is 2.61. The Morgan fingerprint density at radius 1 is 1.03 bits per heavy atom. The fraction of sp³-hybridized carbons (Fsp3) is 0.348. The smallest absolute Gasteiger partial charge is 0.326 e. The molecule has 2 N–H and O–H groups in total. The van der Waals surface area contributed by atoms with Crippen LogP contribution < -0.4 is 15.4 Å². The highest BCUT2D eigenvalue weighted by Crippen LogP contribution is 2.22. The van der Waals surface area contributed by atoms with Crippen LogP contribution in [0.1, 0.15) is 43.6 Å². The number of benzene rings is 2. The van der Waals surface area contributed by atoms with Crippen LogP contribution in [0.15, 0.2) is 48.5 Å². The predicted molar refractivity (Wildman–Crippen MR) is 115 cm³/mol. The van der Waals surface area contributed by atoms with Gasteiger partial charge in [0.05, 0.1) is 7.11 Å². The maximum Gasteiger partial charge on any atom is 0.326 e. The molecule has 0 aromatic heterocycles. The van der Waals surface area contributed by atoms with Crippen molar-refractivity contribution in [2.45, 2.75) is 39.2 Å². The molecule has 2 aromatic rings. The standard InChI is InChI=1S/C23H28N2O5/c1-15(21(27)25-18-7-6-8-19(13-18)29-5)30-20(26)14-24-22(28)16-9-11-17(12-10-16)23(2,3)4/h6-13,15H,14H2,1-5H3,(H,24,28)(H,25,27)/t15-/m0/s1. The lowest BCUT2D eigenvalue weighted by Gasteiger charge is -2.19. The highest BCUT2D eigenvalue weighted by Gasteiger charge is 2.19. The number of ether oxygens (including phenoxy) is 2. The molecule has 0 aliphatic rings. The van der Waals surface area contributed by atoms with Crippen molar-refractivity contribution in [2.24, 2.45) is 0 Å². The van der Waals surface area contributed by atoms with E-state index >= 15 is 0 Å². The minimum atomic E-state index is -1.02. The number of amides is 2. The molecule has 0 radical (unpaired) electrons. The van der Waals surface area contributed by atoms with E-state index in [0.29, 0.717) is 17.0 Å². The van der Waals surface area contributed by atoms with Gasteiger partial charge in [0.2, 0.25) is 0 Å². The Hall–Kier alpha value is -3.35. The molecule has 0 saturated heterocycles. The lowest BCUT2D eigenvalue weighted by atomic mass is 9.87. The summed E-state index contributed by atoms with van der Waals surface area (Å²) >= 11 is 0. The summed E-state index contributed by atoms with van der Waals surface area (Å²) in [5.41, 5.74) is 2.06. The first-order valence-electron chi connectivity index (χ1n) is 9.63. The number of nitrogens with one attached hydrogen (secondary N) is 2. The van der Waals surface area contributed by atoms with Crippen LogP contribution >= 0.6 is 0 Å².